The first kappa shape index (κ1) is 17.1. The van der Waals surface area contributed by atoms with Crippen molar-refractivity contribution in [2.24, 2.45) is 0 Å². The highest BCUT2D eigenvalue weighted by atomic mass is 16.6. The quantitative estimate of drug-likeness (QED) is 0.492. The fourth-order valence-electron chi connectivity index (χ4n) is 2.08. The van der Waals surface area contributed by atoms with E-state index in [0.29, 0.717) is 22.9 Å². The smallest absolute Gasteiger partial charge is 0.340 e. The van der Waals surface area contributed by atoms with Gasteiger partial charge in [-0.25, -0.2) is 4.79 Å². The molecule has 8 nitrogen and oxygen atoms in total. The van der Waals surface area contributed by atoms with Crippen molar-refractivity contribution in [3.05, 3.63) is 52.1 Å². The van der Waals surface area contributed by atoms with Gasteiger partial charge in [0.2, 0.25) is 0 Å². The third-order valence-corrected chi connectivity index (χ3v) is 3.30. The van der Waals surface area contributed by atoms with Crippen molar-refractivity contribution in [2.45, 2.75) is 0 Å². The SMILES string of the molecule is COC(=O)c1cc([N+](=O)[O-])ccc1Nc1ccc(OC)cc1OC. The molecule has 24 heavy (non-hydrogen) atoms. The molecule has 2 rings (SSSR count). The molecule has 0 fully saturated rings. The predicted molar refractivity (Wildman–Crippen MR) is 87.3 cm³/mol. The summed E-state index contributed by atoms with van der Waals surface area (Å²) >= 11 is 0. The van der Waals surface area contributed by atoms with Crippen molar-refractivity contribution < 1.29 is 23.9 Å². The maximum Gasteiger partial charge on any atom is 0.340 e. The highest BCUT2D eigenvalue weighted by Gasteiger charge is 2.18. The normalized spacial score (nSPS) is 9.96. The number of carbonyl (C=O) groups excluding carboxylic acids is 1. The van der Waals surface area contributed by atoms with E-state index in [0.717, 1.165) is 6.07 Å². The number of non-ortho nitro benzene ring substituents is 1. The van der Waals surface area contributed by atoms with Gasteiger partial charge < -0.3 is 19.5 Å². The van der Waals surface area contributed by atoms with Crippen LogP contribution in [0.1, 0.15) is 10.4 Å². The fourth-order valence-corrected chi connectivity index (χ4v) is 2.08. The first-order chi connectivity index (χ1) is 11.5. The number of benzene rings is 2. The van der Waals surface area contributed by atoms with Gasteiger partial charge in [0.15, 0.2) is 0 Å². The fraction of sp³-hybridized carbons (Fsp3) is 0.188. The lowest BCUT2D eigenvalue weighted by atomic mass is 10.1. The first-order valence-corrected chi connectivity index (χ1v) is 6.86. The number of ether oxygens (including phenoxy) is 3. The molecule has 0 saturated carbocycles. The molecule has 0 amide bonds. The van der Waals surface area contributed by atoms with E-state index in [1.165, 1.54) is 33.5 Å². The molecule has 0 unspecified atom stereocenters. The van der Waals surface area contributed by atoms with Crippen LogP contribution in [0.4, 0.5) is 17.1 Å². The van der Waals surface area contributed by atoms with Gasteiger partial charge in [0, 0.05) is 18.2 Å². The standard InChI is InChI=1S/C16H16N2O6/c1-22-11-5-7-14(15(9-11)23-2)17-13-6-4-10(18(20)21)8-12(13)16(19)24-3/h4-9,17H,1-3H3. The van der Waals surface area contributed by atoms with Gasteiger partial charge in [-0.1, -0.05) is 0 Å². The van der Waals surface area contributed by atoms with E-state index in [1.54, 1.807) is 18.2 Å². The van der Waals surface area contributed by atoms with Crippen molar-refractivity contribution in [2.75, 3.05) is 26.6 Å². The molecule has 0 atom stereocenters. The van der Waals surface area contributed by atoms with E-state index in [2.05, 4.69) is 10.1 Å². The molecule has 2 aromatic rings. The largest absolute Gasteiger partial charge is 0.497 e. The topological polar surface area (TPSA) is 99.9 Å². The van der Waals surface area contributed by atoms with Gasteiger partial charge in [-0.2, -0.15) is 0 Å². The Hall–Kier alpha value is -3.29. The number of nitro benzene ring substituents is 1. The van der Waals surface area contributed by atoms with Crippen molar-refractivity contribution in [1.29, 1.82) is 0 Å². The average molecular weight is 332 g/mol. The van der Waals surface area contributed by atoms with Gasteiger partial charge in [-0.05, 0) is 18.2 Å². The number of nitro groups is 1. The van der Waals surface area contributed by atoms with Crippen LogP contribution in [0.5, 0.6) is 11.5 Å². The summed E-state index contributed by atoms with van der Waals surface area (Å²) in [5.74, 6) is 0.409. The second kappa shape index (κ2) is 7.32. The molecule has 0 aliphatic rings. The van der Waals surface area contributed by atoms with E-state index < -0.39 is 10.9 Å². The van der Waals surface area contributed by atoms with Crippen LogP contribution in [0.15, 0.2) is 36.4 Å². The summed E-state index contributed by atoms with van der Waals surface area (Å²) in [5.41, 5.74) is 0.764. The maximum atomic E-state index is 11.9. The lowest BCUT2D eigenvalue weighted by Gasteiger charge is -2.14. The van der Waals surface area contributed by atoms with E-state index in [1.807, 2.05) is 0 Å². The summed E-state index contributed by atoms with van der Waals surface area (Å²) in [4.78, 5) is 22.2. The average Bonchev–Trinajstić information content (AvgIpc) is 2.61. The number of nitrogens with one attached hydrogen (secondary N) is 1. The van der Waals surface area contributed by atoms with Crippen LogP contribution in [0.3, 0.4) is 0 Å². The third-order valence-electron chi connectivity index (χ3n) is 3.30. The van der Waals surface area contributed by atoms with Crippen molar-refractivity contribution in [3.8, 4) is 11.5 Å². The molecule has 0 aliphatic carbocycles. The Balaban J connectivity index is 2.45. The highest BCUT2D eigenvalue weighted by Crippen LogP contribution is 2.33. The summed E-state index contributed by atoms with van der Waals surface area (Å²) in [7, 11) is 4.24. The van der Waals surface area contributed by atoms with Gasteiger partial charge in [-0.15, -0.1) is 0 Å². The van der Waals surface area contributed by atoms with Crippen LogP contribution in [-0.4, -0.2) is 32.2 Å². The van der Waals surface area contributed by atoms with Crippen molar-refractivity contribution in [1.82, 2.24) is 0 Å². The Labute approximate surface area is 138 Å². The van der Waals surface area contributed by atoms with Gasteiger partial charge in [0.25, 0.3) is 5.69 Å². The Morgan fingerprint density at radius 2 is 1.75 bits per heavy atom. The zero-order valence-corrected chi connectivity index (χ0v) is 13.4. The number of carbonyl (C=O) groups is 1. The molecule has 126 valence electrons. The van der Waals surface area contributed by atoms with E-state index in [9.17, 15) is 14.9 Å². The molecule has 2 aromatic carbocycles. The Morgan fingerprint density at radius 3 is 2.33 bits per heavy atom. The maximum absolute atomic E-state index is 11.9. The predicted octanol–water partition coefficient (Wildman–Crippen LogP) is 3.14. The van der Waals surface area contributed by atoms with Crippen LogP contribution in [0.25, 0.3) is 0 Å². The molecule has 1 N–H and O–H groups in total. The van der Waals surface area contributed by atoms with Gasteiger partial charge in [0.1, 0.15) is 11.5 Å². The Bertz CT molecular complexity index is 775. The van der Waals surface area contributed by atoms with Crippen LogP contribution in [0.2, 0.25) is 0 Å². The summed E-state index contributed by atoms with van der Waals surface area (Å²) in [6.45, 7) is 0. The molecule has 8 heteroatoms. The number of rotatable bonds is 6. The molecule has 0 aliphatic heterocycles. The number of hydrogen-bond acceptors (Lipinski definition) is 7. The molecule has 0 spiro atoms. The molecular weight excluding hydrogens is 316 g/mol. The monoisotopic (exact) mass is 332 g/mol. The zero-order chi connectivity index (χ0) is 17.7. The number of hydrogen-bond donors (Lipinski definition) is 1. The van der Waals surface area contributed by atoms with Gasteiger partial charge in [0.05, 0.1) is 43.2 Å². The molecule has 0 aromatic heterocycles. The summed E-state index contributed by atoms with van der Waals surface area (Å²) in [6, 6.07) is 8.99. The first-order valence-electron chi connectivity index (χ1n) is 6.86. The lowest BCUT2D eigenvalue weighted by molar-refractivity contribution is -0.384. The second-order valence-electron chi connectivity index (χ2n) is 4.67. The van der Waals surface area contributed by atoms with Gasteiger partial charge >= 0.3 is 5.97 Å². The summed E-state index contributed by atoms with van der Waals surface area (Å²) < 4.78 is 15.1. The van der Waals surface area contributed by atoms with Crippen LogP contribution < -0.4 is 14.8 Å². The number of esters is 1. The number of nitrogens with zero attached hydrogens (tertiary/aromatic N) is 1. The molecule has 0 heterocycles. The Morgan fingerprint density at radius 1 is 1.04 bits per heavy atom. The minimum atomic E-state index is -0.686. The van der Waals surface area contributed by atoms with Crippen LogP contribution >= 0.6 is 0 Å². The molecule has 0 bridgehead atoms. The second-order valence-corrected chi connectivity index (χ2v) is 4.67. The molecule has 0 saturated heterocycles. The Kier molecular flexibility index (Phi) is 5.20. The van der Waals surface area contributed by atoms with Crippen molar-refractivity contribution >= 4 is 23.0 Å². The molecule has 0 radical (unpaired) electrons. The number of anilines is 2. The number of methoxy groups -OCH3 is 3. The third kappa shape index (κ3) is 3.54. The van der Waals surface area contributed by atoms with Crippen LogP contribution in [-0.2, 0) is 4.74 Å². The van der Waals surface area contributed by atoms with Crippen LogP contribution in [0, 0.1) is 10.1 Å². The van der Waals surface area contributed by atoms with Gasteiger partial charge in [-0.3, -0.25) is 10.1 Å². The lowest BCUT2D eigenvalue weighted by Crippen LogP contribution is -2.07. The van der Waals surface area contributed by atoms with E-state index in [4.69, 9.17) is 9.47 Å². The highest BCUT2D eigenvalue weighted by molar-refractivity contribution is 5.97. The minimum Gasteiger partial charge on any atom is -0.497 e. The zero-order valence-electron chi connectivity index (χ0n) is 13.4. The summed E-state index contributed by atoms with van der Waals surface area (Å²) in [5, 5.41) is 13.9. The summed E-state index contributed by atoms with van der Waals surface area (Å²) in [6.07, 6.45) is 0. The van der Waals surface area contributed by atoms with Crippen molar-refractivity contribution in [3.63, 3.8) is 0 Å². The minimum absolute atomic E-state index is 0.0459. The molecular formula is C16H16N2O6. The van der Waals surface area contributed by atoms with E-state index >= 15 is 0 Å². The van der Waals surface area contributed by atoms with E-state index in [-0.39, 0.29) is 11.3 Å².